The predicted molar refractivity (Wildman–Crippen MR) is 82.3 cm³/mol. The Kier molecular flexibility index (Phi) is 2.95. The zero-order valence-corrected chi connectivity index (χ0v) is 12.6. The minimum atomic E-state index is -0.424. The van der Waals surface area contributed by atoms with E-state index in [1.165, 1.54) is 12.8 Å². The van der Waals surface area contributed by atoms with Crippen LogP contribution in [0.25, 0.3) is 0 Å². The van der Waals surface area contributed by atoms with E-state index in [1.54, 1.807) is 0 Å². The van der Waals surface area contributed by atoms with Gasteiger partial charge in [-0.2, -0.15) is 5.10 Å². The van der Waals surface area contributed by atoms with E-state index in [9.17, 15) is 9.59 Å². The van der Waals surface area contributed by atoms with Gasteiger partial charge in [0, 0.05) is 37.2 Å². The maximum absolute atomic E-state index is 12.0. The molecule has 2 aliphatic rings. The standard InChI is InChI=1S/C15H19N5O2/c1-2-20-13(7-12(18-20)9-3-4-9)19-6-5-11-10(8-19)14(21)17-15(22)16-11/h7,9H,2-6,8H2,1H3,(H2,16,17,21,22). The number of nitrogens with one attached hydrogen (secondary N) is 2. The Morgan fingerprint density at radius 2 is 2.14 bits per heavy atom. The molecule has 7 heteroatoms. The van der Waals surface area contributed by atoms with Crippen molar-refractivity contribution in [1.29, 1.82) is 0 Å². The Morgan fingerprint density at radius 3 is 2.86 bits per heavy atom. The predicted octanol–water partition coefficient (Wildman–Crippen LogP) is 0.720. The molecular formula is C15H19N5O2. The highest BCUT2D eigenvalue weighted by molar-refractivity contribution is 5.45. The molecule has 1 aliphatic heterocycles. The smallest absolute Gasteiger partial charge is 0.325 e. The highest BCUT2D eigenvalue weighted by Crippen LogP contribution is 2.40. The first-order valence-electron chi connectivity index (χ1n) is 7.82. The minimum Gasteiger partial charge on any atom is -0.352 e. The van der Waals surface area contributed by atoms with E-state index in [0.29, 0.717) is 24.4 Å². The van der Waals surface area contributed by atoms with Crippen molar-refractivity contribution in [2.75, 3.05) is 11.4 Å². The van der Waals surface area contributed by atoms with Gasteiger partial charge in [0.15, 0.2) is 0 Å². The maximum atomic E-state index is 12.0. The summed E-state index contributed by atoms with van der Waals surface area (Å²) in [4.78, 5) is 30.6. The fraction of sp³-hybridized carbons (Fsp3) is 0.533. The average molecular weight is 301 g/mol. The number of hydrogen-bond donors (Lipinski definition) is 2. The van der Waals surface area contributed by atoms with Crippen molar-refractivity contribution in [2.45, 2.75) is 45.2 Å². The van der Waals surface area contributed by atoms with Gasteiger partial charge < -0.3 is 9.88 Å². The third-order valence-electron chi connectivity index (χ3n) is 4.51. The molecule has 0 aromatic carbocycles. The molecule has 0 unspecified atom stereocenters. The number of fused-ring (bicyclic) bond motifs is 1. The number of aromatic amines is 2. The van der Waals surface area contributed by atoms with E-state index in [4.69, 9.17) is 0 Å². The number of aromatic nitrogens is 4. The van der Waals surface area contributed by atoms with Gasteiger partial charge in [-0.1, -0.05) is 0 Å². The Morgan fingerprint density at radius 1 is 1.32 bits per heavy atom. The third kappa shape index (κ3) is 2.17. The normalized spacial score (nSPS) is 17.6. The van der Waals surface area contributed by atoms with Crippen molar-refractivity contribution in [1.82, 2.24) is 19.7 Å². The number of anilines is 1. The average Bonchev–Trinajstić information content (AvgIpc) is 3.26. The van der Waals surface area contributed by atoms with Gasteiger partial charge in [0.1, 0.15) is 5.82 Å². The van der Waals surface area contributed by atoms with Crippen molar-refractivity contribution in [2.24, 2.45) is 0 Å². The first kappa shape index (κ1) is 13.4. The van der Waals surface area contributed by atoms with Crippen molar-refractivity contribution >= 4 is 5.82 Å². The van der Waals surface area contributed by atoms with Gasteiger partial charge in [0.25, 0.3) is 5.56 Å². The van der Waals surface area contributed by atoms with Crippen molar-refractivity contribution < 1.29 is 0 Å². The van der Waals surface area contributed by atoms with Gasteiger partial charge in [-0.15, -0.1) is 0 Å². The van der Waals surface area contributed by atoms with E-state index in [1.807, 2.05) is 4.68 Å². The van der Waals surface area contributed by atoms with Crippen LogP contribution in [0.3, 0.4) is 0 Å². The van der Waals surface area contributed by atoms with Crippen molar-refractivity contribution in [3.05, 3.63) is 43.9 Å². The summed E-state index contributed by atoms with van der Waals surface area (Å²) >= 11 is 0. The summed E-state index contributed by atoms with van der Waals surface area (Å²) in [6.07, 6.45) is 3.12. The molecule has 3 heterocycles. The van der Waals surface area contributed by atoms with E-state index >= 15 is 0 Å². The zero-order chi connectivity index (χ0) is 15.3. The number of rotatable bonds is 3. The second kappa shape index (κ2) is 4.86. The largest absolute Gasteiger partial charge is 0.352 e. The van der Waals surface area contributed by atoms with Gasteiger partial charge in [0.05, 0.1) is 17.8 Å². The van der Waals surface area contributed by atoms with Gasteiger partial charge in [-0.05, 0) is 19.8 Å². The molecule has 116 valence electrons. The van der Waals surface area contributed by atoms with Crippen LogP contribution in [0.1, 0.15) is 42.6 Å². The SMILES string of the molecule is CCn1nc(C2CC2)cc1N1CCc2[nH]c(=O)[nH]c(=O)c2C1. The van der Waals surface area contributed by atoms with Crippen LogP contribution in [0.5, 0.6) is 0 Å². The summed E-state index contributed by atoms with van der Waals surface area (Å²) in [5, 5.41) is 4.69. The highest BCUT2D eigenvalue weighted by Gasteiger charge is 2.29. The van der Waals surface area contributed by atoms with Crippen LogP contribution in [-0.4, -0.2) is 26.3 Å². The number of hydrogen-bond acceptors (Lipinski definition) is 4. The van der Waals surface area contributed by atoms with E-state index < -0.39 is 5.69 Å². The molecule has 0 spiro atoms. The first-order chi connectivity index (χ1) is 10.7. The zero-order valence-electron chi connectivity index (χ0n) is 12.6. The molecule has 0 bridgehead atoms. The molecule has 0 saturated heterocycles. The van der Waals surface area contributed by atoms with Gasteiger partial charge in [-0.3, -0.25) is 9.78 Å². The quantitative estimate of drug-likeness (QED) is 0.874. The Bertz CT molecular complexity index is 827. The first-order valence-corrected chi connectivity index (χ1v) is 7.82. The molecule has 0 amide bonds. The Labute approximate surface area is 127 Å². The van der Waals surface area contributed by atoms with E-state index in [0.717, 1.165) is 30.3 Å². The lowest BCUT2D eigenvalue weighted by atomic mass is 10.1. The lowest BCUT2D eigenvalue weighted by Gasteiger charge is -2.29. The topological polar surface area (TPSA) is 86.8 Å². The fourth-order valence-corrected chi connectivity index (χ4v) is 3.14. The summed E-state index contributed by atoms with van der Waals surface area (Å²) in [6.45, 7) is 4.18. The van der Waals surface area contributed by atoms with Crippen LogP contribution in [-0.2, 0) is 19.5 Å². The molecule has 1 saturated carbocycles. The summed E-state index contributed by atoms with van der Waals surface area (Å²) in [7, 11) is 0. The number of H-pyrrole nitrogens is 2. The Balaban J connectivity index is 1.70. The molecule has 2 aromatic rings. The highest BCUT2D eigenvalue weighted by atomic mass is 16.2. The van der Waals surface area contributed by atoms with Crippen molar-refractivity contribution in [3.63, 3.8) is 0 Å². The van der Waals surface area contributed by atoms with E-state index in [2.05, 4.69) is 33.0 Å². The number of aryl methyl sites for hydroxylation is 1. The van der Waals surface area contributed by atoms with Crippen LogP contribution in [0.2, 0.25) is 0 Å². The fourth-order valence-electron chi connectivity index (χ4n) is 3.14. The maximum Gasteiger partial charge on any atom is 0.325 e. The Hall–Kier alpha value is -2.31. The third-order valence-corrected chi connectivity index (χ3v) is 4.51. The van der Waals surface area contributed by atoms with Crippen LogP contribution in [0, 0.1) is 0 Å². The minimum absolute atomic E-state index is 0.284. The van der Waals surface area contributed by atoms with Gasteiger partial charge >= 0.3 is 5.69 Å². The number of nitrogens with zero attached hydrogens (tertiary/aromatic N) is 3. The second-order valence-corrected chi connectivity index (χ2v) is 6.05. The van der Waals surface area contributed by atoms with Crippen LogP contribution >= 0.6 is 0 Å². The summed E-state index contributed by atoms with van der Waals surface area (Å²) in [5.41, 5.74) is 1.87. The van der Waals surface area contributed by atoms with E-state index in [-0.39, 0.29) is 5.56 Å². The molecule has 0 radical (unpaired) electrons. The van der Waals surface area contributed by atoms with Crippen LogP contribution < -0.4 is 16.1 Å². The molecule has 7 nitrogen and oxygen atoms in total. The second-order valence-electron chi connectivity index (χ2n) is 6.05. The molecule has 4 rings (SSSR count). The molecule has 0 atom stereocenters. The van der Waals surface area contributed by atoms with Crippen molar-refractivity contribution in [3.8, 4) is 0 Å². The molecule has 1 fully saturated rings. The van der Waals surface area contributed by atoms with Crippen LogP contribution in [0.4, 0.5) is 5.82 Å². The van der Waals surface area contributed by atoms with Crippen LogP contribution in [0.15, 0.2) is 15.7 Å². The lowest BCUT2D eigenvalue weighted by Crippen LogP contribution is -2.39. The molecule has 1 aliphatic carbocycles. The summed E-state index contributed by atoms with van der Waals surface area (Å²) in [6, 6.07) is 2.16. The van der Waals surface area contributed by atoms with Gasteiger partial charge in [-0.25, -0.2) is 9.48 Å². The molecule has 2 N–H and O–H groups in total. The molecule has 22 heavy (non-hydrogen) atoms. The monoisotopic (exact) mass is 301 g/mol. The summed E-state index contributed by atoms with van der Waals surface area (Å²) < 4.78 is 2.01. The summed E-state index contributed by atoms with van der Waals surface area (Å²) in [5.74, 6) is 1.68. The molecular weight excluding hydrogens is 282 g/mol. The lowest BCUT2D eigenvalue weighted by molar-refractivity contribution is 0.605. The molecule has 2 aromatic heterocycles. The van der Waals surface area contributed by atoms with Gasteiger partial charge in [0.2, 0.25) is 0 Å².